The van der Waals surface area contributed by atoms with E-state index >= 15 is 0 Å². The van der Waals surface area contributed by atoms with E-state index in [0.717, 1.165) is 22.5 Å². The minimum atomic E-state index is -0.495. The lowest BCUT2D eigenvalue weighted by atomic mass is 10.0. The molecule has 0 saturated heterocycles. The summed E-state index contributed by atoms with van der Waals surface area (Å²) in [5.74, 6) is -0.495. The summed E-state index contributed by atoms with van der Waals surface area (Å²) in [5.41, 5.74) is 4.40. The van der Waals surface area contributed by atoms with E-state index in [-0.39, 0.29) is 5.02 Å². The molecule has 0 aliphatic rings. The summed E-state index contributed by atoms with van der Waals surface area (Å²) >= 11 is 5.90. The van der Waals surface area contributed by atoms with Crippen molar-refractivity contribution in [2.45, 2.75) is 0 Å². The van der Waals surface area contributed by atoms with Crippen molar-refractivity contribution in [2.24, 2.45) is 0 Å². The highest BCUT2D eigenvalue weighted by molar-refractivity contribution is 6.31. The van der Waals surface area contributed by atoms with Gasteiger partial charge >= 0.3 is 0 Å². The average molecular weight is 335 g/mol. The monoisotopic (exact) mass is 334 g/mol. The van der Waals surface area contributed by atoms with Crippen LogP contribution in [0.4, 0.5) is 4.39 Å². The molecule has 0 bridgehead atoms. The quantitative estimate of drug-likeness (QED) is 0.466. The summed E-state index contributed by atoms with van der Waals surface area (Å²) in [6, 6.07) is 22.4. The molecule has 0 amide bonds. The normalized spacial score (nSPS) is 10.9. The molecule has 0 atom stereocenters. The van der Waals surface area contributed by atoms with E-state index in [2.05, 4.69) is 4.98 Å². The van der Waals surface area contributed by atoms with Crippen molar-refractivity contribution < 1.29 is 4.39 Å². The van der Waals surface area contributed by atoms with Gasteiger partial charge in [0.2, 0.25) is 0 Å². The maximum atomic E-state index is 13.8. The maximum Gasteiger partial charge on any atom is 0.144 e. The Morgan fingerprint density at radius 2 is 1.12 bits per heavy atom. The molecular formula is C20H12ClFN2. The molecular weight excluding hydrogens is 323 g/mol. The van der Waals surface area contributed by atoms with Crippen molar-refractivity contribution in [1.82, 2.24) is 9.97 Å². The zero-order valence-electron chi connectivity index (χ0n) is 12.6. The lowest BCUT2D eigenvalue weighted by molar-refractivity contribution is 0.629. The molecule has 4 heteroatoms. The Hall–Kier alpha value is -2.78. The van der Waals surface area contributed by atoms with Gasteiger partial charge < -0.3 is 0 Å². The van der Waals surface area contributed by atoms with Crippen molar-refractivity contribution in [3.8, 4) is 22.5 Å². The molecule has 1 heterocycles. The van der Waals surface area contributed by atoms with Gasteiger partial charge in [-0.15, -0.1) is 0 Å². The van der Waals surface area contributed by atoms with Gasteiger partial charge in [0.05, 0.1) is 27.4 Å². The lowest BCUT2D eigenvalue weighted by Gasteiger charge is -2.11. The first-order chi connectivity index (χ1) is 11.7. The first-order valence-corrected chi connectivity index (χ1v) is 7.88. The van der Waals surface area contributed by atoms with Crippen molar-refractivity contribution in [3.63, 3.8) is 0 Å². The van der Waals surface area contributed by atoms with Crippen LogP contribution in [0, 0.1) is 5.82 Å². The lowest BCUT2D eigenvalue weighted by Crippen LogP contribution is -1.96. The average Bonchev–Trinajstić information content (AvgIpc) is 2.63. The number of hydrogen-bond acceptors (Lipinski definition) is 2. The van der Waals surface area contributed by atoms with E-state index in [0.29, 0.717) is 11.0 Å². The van der Waals surface area contributed by atoms with Crippen LogP contribution in [0.5, 0.6) is 0 Å². The molecule has 0 saturated carbocycles. The Morgan fingerprint density at radius 1 is 0.667 bits per heavy atom. The molecule has 0 radical (unpaired) electrons. The Morgan fingerprint density at radius 3 is 1.62 bits per heavy atom. The number of hydrogen-bond donors (Lipinski definition) is 0. The minimum Gasteiger partial charge on any atom is -0.244 e. The number of halogens is 2. The molecule has 0 N–H and O–H groups in total. The summed E-state index contributed by atoms with van der Waals surface area (Å²) < 4.78 is 13.8. The van der Waals surface area contributed by atoms with E-state index in [1.165, 1.54) is 12.1 Å². The minimum absolute atomic E-state index is 0.0447. The second-order valence-electron chi connectivity index (χ2n) is 5.41. The van der Waals surface area contributed by atoms with Gasteiger partial charge in [-0.2, -0.15) is 0 Å². The summed E-state index contributed by atoms with van der Waals surface area (Å²) in [6.45, 7) is 0. The third kappa shape index (κ3) is 2.63. The van der Waals surface area contributed by atoms with E-state index < -0.39 is 5.82 Å². The molecule has 24 heavy (non-hydrogen) atoms. The van der Waals surface area contributed by atoms with Crippen molar-refractivity contribution in [1.29, 1.82) is 0 Å². The van der Waals surface area contributed by atoms with Crippen LogP contribution in [0.25, 0.3) is 33.5 Å². The molecule has 2 nitrogen and oxygen atoms in total. The summed E-state index contributed by atoms with van der Waals surface area (Å²) in [4.78, 5) is 9.37. The molecule has 3 aromatic carbocycles. The topological polar surface area (TPSA) is 25.8 Å². The van der Waals surface area contributed by atoms with Crippen LogP contribution in [-0.4, -0.2) is 9.97 Å². The Labute approximate surface area is 143 Å². The van der Waals surface area contributed by atoms with Gasteiger partial charge in [0, 0.05) is 17.2 Å². The van der Waals surface area contributed by atoms with E-state index in [4.69, 9.17) is 16.6 Å². The fraction of sp³-hybridized carbons (Fsp3) is 0. The fourth-order valence-electron chi connectivity index (χ4n) is 2.65. The summed E-state index contributed by atoms with van der Waals surface area (Å²) in [5, 5.41) is 0.0447. The number of benzene rings is 3. The highest BCUT2D eigenvalue weighted by atomic mass is 35.5. The number of rotatable bonds is 2. The van der Waals surface area contributed by atoms with Crippen LogP contribution in [-0.2, 0) is 0 Å². The Bertz CT molecular complexity index is 934. The zero-order valence-corrected chi connectivity index (χ0v) is 13.3. The van der Waals surface area contributed by atoms with Gasteiger partial charge in [0.15, 0.2) is 0 Å². The van der Waals surface area contributed by atoms with E-state index in [1.807, 2.05) is 60.7 Å². The number of nitrogens with zero attached hydrogens (tertiary/aromatic N) is 2. The number of aromatic nitrogens is 2. The first-order valence-electron chi connectivity index (χ1n) is 7.50. The summed E-state index contributed by atoms with van der Waals surface area (Å²) in [7, 11) is 0. The van der Waals surface area contributed by atoms with Crippen LogP contribution in [0.15, 0.2) is 72.8 Å². The van der Waals surface area contributed by atoms with Gasteiger partial charge in [-0.1, -0.05) is 72.3 Å². The molecule has 0 aliphatic heterocycles. The van der Waals surface area contributed by atoms with Crippen LogP contribution in [0.1, 0.15) is 0 Å². The molecule has 4 rings (SSSR count). The van der Waals surface area contributed by atoms with Gasteiger partial charge in [-0.3, -0.25) is 0 Å². The summed E-state index contributed by atoms with van der Waals surface area (Å²) in [6.07, 6.45) is 0. The SMILES string of the molecule is Fc1cc2nc(-c3ccccc3)c(-c3ccccc3)nc2cc1Cl. The second kappa shape index (κ2) is 6.02. The molecule has 0 fully saturated rings. The predicted octanol–water partition coefficient (Wildman–Crippen LogP) is 5.76. The van der Waals surface area contributed by atoms with Crippen molar-refractivity contribution >= 4 is 22.6 Å². The van der Waals surface area contributed by atoms with Gasteiger partial charge in [0.1, 0.15) is 5.82 Å². The molecule has 116 valence electrons. The van der Waals surface area contributed by atoms with E-state index in [9.17, 15) is 4.39 Å². The second-order valence-corrected chi connectivity index (χ2v) is 5.82. The fourth-order valence-corrected chi connectivity index (χ4v) is 2.80. The Kier molecular flexibility index (Phi) is 3.71. The predicted molar refractivity (Wildman–Crippen MR) is 95.4 cm³/mol. The first kappa shape index (κ1) is 14.8. The standard InChI is InChI=1S/C20H12ClFN2/c21-15-11-17-18(12-16(15)22)24-20(14-9-5-2-6-10-14)19(23-17)13-7-3-1-4-8-13/h1-12H. The van der Waals surface area contributed by atoms with Gasteiger partial charge in [-0.25, -0.2) is 14.4 Å². The van der Waals surface area contributed by atoms with Crippen LogP contribution < -0.4 is 0 Å². The molecule has 0 unspecified atom stereocenters. The number of fused-ring (bicyclic) bond motifs is 1. The maximum absolute atomic E-state index is 13.8. The van der Waals surface area contributed by atoms with Crippen LogP contribution in [0.3, 0.4) is 0 Å². The van der Waals surface area contributed by atoms with Gasteiger partial charge in [-0.05, 0) is 6.07 Å². The van der Waals surface area contributed by atoms with Crippen molar-refractivity contribution in [2.75, 3.05) is 0 Å². The van der Waals surface area contributed by atoms with Crippen molar-refractivity contribution in [3.05, 3.63) is 83.6 Å². The molecule has 4 aromatic rings. The zero-order chi connectivity index (χ0) is 16.5. The van der Waals surface area contributed by atoms with E-state index in [1.54, 1.807) is 0 Å². The van der Waals surface area contributed by atoms with Crippen LogP contribution in [0.2, 0.25) is 5.02 Å². The van der Waals surface area contributed by atoms with Crippen LogP contribution >= 0.6 is 11.6 Å². The third-order valence-corrected chi connectivity index (χ3v) is 4.09. The molecule has 0 spiro atoms. The highest BCUT2D eigenvalue weighted by Gasteiger charge is 2.14. The Balaban J connectivity index is 2.06. The molecule has 1 aromatic heterocycles. The largest absolute Gasteiger partial charge is 0.244 e. The highest BCUT2D eigenvalue weighted by Crippen LogP contribution is 2.32. The van der Waals surface area contributed by atoms with Gasteiger partial charge in [0.25, 0.3) is 0 Å². The third-order valence-electron chi connectivity index (χ3n) is 3.80. The molecule has 0 aliphatic carbocycles. The smallest absolute Gasteiger partial charge is 0.144 e.